The molecule has 1 aromatic rings. The molecule has 0 bridgehead atoms. The Labute approximate surface area is 102 Å². The molecule has 0 atom stereocenters. The number of carboxylic acid groups (broad SMARTS) is 1. The predicted molar refractivity (Wildman–Crippen MR) is 59.6 cm³/mol. The first-order chi connectivity index (χ1) is 8.04. The fourth-order valence-electron chi connectivity index (χ4n) is 1.02. The van der Waals surface area contributed by atoms with Crippen molar-refractivity contribution in [3.8, 4) is 12.3 Å². The fourth-order valence-corrected chi connectivity index (χ4v) is 1.22. The molecule has 88 valence electrons. The zero-order chi connectivity index (χ0) is 12.8. The zero-order valence-electron chi connectivity index (χ0n) is 8.53. The van der Waals surface area contributed by atoms with Crippen molar-refractivity contribution in [2.24, 2.45) is 0 Å². The van der Waals surface area contributed by atoms with E-state index in [4.69, 9.17) is 18.0 Å². The first-order valence-corrected chi connectivity index (χ1v) is 4.80. The third kappa shape index (κ3) is 3.70. The van der Waals surface area contributed by atoms with Crippen LogP contribution in [0.2, 0.25) is 5.02 Å². The molecule has 17 heavy (non-hydrogen) atoms. The molecule has 0 unspecified atom stereocenters. The molecule has 1 aromatic carbocycles. The van der Waals surface area contributed by atoms with Gasteiger partial charge in [-0.3, -0.25) is 5.32 Å². The van der Waals surface area contributed by atoms with Gasteiger partial charge in [0, 0.05) is 16.3 Å². The molecule has 0 fully saturated rings. The number of ether oxygens (including phenoxy) is 1. The highest BCUT2D eigenvalue weighted by Crippen LogP contribution is 2.20. The number of carbonyl (C=O) groups is 2. The Hall–Kier alpha value is -2.19. The van der Waals surface area contributed by atoms with E-state index in [1.807, 2.05) is 0 Å². The molecule has 0 aliphatic carbocycles. The minimum Gasteiger partial charge on any atom is -0.545 e. The van der Waals surface area contributed by atoms with E-state index < -0.39 is 12.1 Å². The van der Waals surface area contributed by atoms with Crippen LogP contribution in [0.15, 0.2) is 18.2 Å². The highest BCUT2D eigenvalue weighted by atomic mass is 35.5. The van der Waals surface area contributed by atoms with Crippen LogP contribution in [-0.2, 0) is 4.74 Å². The number of terminal acetylenes is 1. The summed E-state index contributed by atoms with van der Waals surface area (Å²) in [6.45, 7) is -0.174. The second kappa shape index (κ2) is 5.77. The van der Waals surface area contributed by atoms with Crippen LogP contribution in [0.25, 0.3) is 0 Å². The van der Waals surface area contributed by atoms with Crippen molar-refractivity contribution < 1.29 is 19.4 Å². The molecule has 0 aliphatic heterocycles. The summed E-state index contributed by atoms with van der Waals surface area (Å²) in [5, 5.41) is 13.0. The van der Waals surface area contributed by atoms with E-state index in [-0.39, 0.29) is 22.9 Å². The van der Waals surface area contributed by atoms with E-state index in [1.54, 1.807) is 0 Å². The number of nitrogens with one attached hydrogen (secondary N) is 1. The van der Waals surface area contributed by atoms with Crippen LogP contribution >= 0.6 is 11.6 Å². The molecule has 0 spiro atoms. The maximum atomic E-state index is 11.1. The van der Waals surface area contributed by atoms with E-state index in [9.17, 15) is 14.7 Å². The van der Waals surface area contributed by atoms with Gasteiger partial charge < -0.3 is 14.6 Å². The third-order valence-electron chi connectivity index (χ3n) is 1.72. The monoisotopic (exact) mass is 252 g/mol. The summed E-state index contributed by atoms with van der Waals surface area (Å²) >= 11 is 5.62. The van der Waals surface area contributed by atoms with Crippen LogP contribution in [0.4, 0.5) is 10.5 Å². The molecular weight excluding hydrogens is 246 g/mol. The Kier molecular flexibility index (Phi) is 4.37. The van der Waals surface area contributed by atoms with Gasteiger partial charge in [0.25, 0.3) is 0 Å². The lowest BCUT2D eigenvalue weighted by molar-refractivity contribution is -0.255. The number of rotatable bonds is 3. The van der Waals surface area contributed by atoms with E-state index in [2.05, 4.69) is 16.0 Å². The Morgan fingerprint density at radius 3 is 2.82 bits per heavy atom. The third-order valence-corrected chi connectivity index (χ3v) is 2.05. The summed E-state index contributed by atoms with van der Waals surface area (Å²) in [5.41, 5.74) is -0.00274. The molecule has 0 radical (unpaired) electrons. The van der Waals surface area contributed by atoms with Gasteiger partial charge in [-0.15, -0.1) is 6.42 Å². The smallest absolute Gasteiger partial charge is 0.412 e. The van der Waals surface area contributed by atoms with Crippen molar-refractivity contribution in [2.45, 2.75) is 0 Å². The van der Waals surface area contributed by atoms with Gasteiger partial charge in [-0.25, -0.2) is 4.79 Å². The topological polar surface area (TPSA) is 78.5 Å². The van der Waals surface area contributed by atoms with Crippen molar-refractivity contribution >= 4 is 29.4 Å². The number of carbonyl (C=O) groups excluding carboxylic acids is 2. The summed E-state index contributed by atoms with van der Waals surface area (Å²) in [5.74, 6) is 0.680. The Morgan fingerprint density at radius 2 is 2.24 bits per heavy atom. The van der Waals surface area contributed by atoms with Crippen molar-refractivity contribution in [3.63, 3.8) is 0 Å². The molecule has 0 heterocycles. The van der Waals surface area contributed by atoms with Gasteiger partial charge in [-0.05, 0) is 18.2 Å². The van der Waals surface area contributed by atoms with Crippen molar-refractivity contribution in [3.05, 3.63) is 28.8 Å². The molecule has 0 saturated heterocycles. The molecule has 6 heteroatoms. The van der Waals surface area contributed by atoms with Crippen LogP contribution in [0.5, 0.6) is 0 Å². The van der Waals surface area contributed by atoms with Gasteiger partial charge in [0.1, 0.15) is 0 Å². The molecule has 1 amide bonds. The number of anilines is 1. The lowest BCUT2D eigenvalue weighted by atomic mass is 10.2. The summed E-state index contributed by atoms with van der Waals surface area (Å²) in [4.78, 5) is 21.8. The van der Waals surface area contributed by atoms with E-state index in [1.165, 1.54) is 12.1 Å². The predicted octanol–water partition coefficient (Wildman–Crippen LogP) is 0.885. The SMILES string of the molecule is C#CCOC(=O)Nc1ccc(Cl)c(C(=O)[O-])c1. The van der Waals surface area contributed by atoms with Crippen molar-refractivity contribution in [1.82, 2.24) is 0 Å². The fraction of sp³-hybridized carbons (Fsp3) is 0.0909. The maximum absolute atomic E-state index is 11.1. The lowest BCUT2D eigenvalue weighted by Crippen LogP contribution is -2.23. The first-order valence-electron chi connectivity index (χ1n) is 4.42. The summed E-state index contributed by atoms with van der Waals surface area (Å²) < 4.78 is 4.54. The largest absolute Gasteiger partial charge is 0.545 e. The Bertz CT molecular complexity index is 493. The standard InChI is InChI=1S/C11H8ClNO4/c1-2-5-17-11(16)13-7-3-4-9(12)8(6-7)10(14)15/h1,3-4,6H,5H2,(H,13,16)(H,14,15)/p-1. The van der Waals surface area contributed by atoms with Crippen LogP contribution in [0.1, 0.15) is 10.4 Å². The minimum atomic E-state index is -1.43. The van der Waals surface area contributed by atoms with Gasteiger partial charge in [-0.1, -0.05) is 17.5 Å². The second-order valence-electron chi connectivity index (χ2n) is 2.89. The molecule has 5 nitrogen and oxygen atoms in total. The number of hydrogen-bond acceptors (Lipinski definition) is 4. The van der Waals surface area contributed by atoms with Gasteiger partial charge in [0.2, 0.25) is 0 Å². The number of amides is 1. The van der Waals surface area contributed by atoms with Gasteiger partial charge in [0.15, 0.2) is 6.61 Å². The summed E-state index contributed by atoms with van der Waals surface area (Å²) in [6, 6.07) is 3.91. The number of aromatic carboxylic acids is 1. The average Bonchev–Trinajstić information content (AvgIpc) is 2.28. The Morgan fingerprint density at radius 1 is 1.53 bits per heavy atom. The number of halogens is 1. The van der Waals surface area contributed by atoms with E-state index >= 15 is 0 Å². The van der Waals surface area contributed by atoms with E-state index in [0.717, 1.165) is 6.07 Å². The van der Waals surface area contributed by atoms with Crippen LogP contribution in [0, 0.1) is 12.3 Å². The van der Waals surface area contributed by atoms with Crippen molar-refractivity contribution in [1.29, 1.82) is 0 Å². The molecule has 1 N–H and O–H groups in total. The first kappa shape index (κ1) is 12.9. The minimum absolute atomic E-state index is 0.0209. The van der Waals surface area contributed by atoms with Gasteiger partial charge in [-0.2, -0.15) is 0 Å². The molecule has 0 saturated carbocycles. The highest BCUT2D eigenvalue weighted by Gasteiger charge is 2.06. The molecule has 0 aliphatic rings. The summed E-state index contributed by atoms with van der Waals surface area (Å²) in [7, 11) is 0. The molecule has 1 rings (SSSR count). The number of carboxylic acids is 1. The molecule has 0 aromatic heterocycles. The normalized spacial score (nSPS) is 9.18. The van der Waals surface area contributed by atoms with Crippen LogP contribution < -0.4 is 10.4 Å². The highest BCUT2D eigenvalue weighted by molar-refractivity contribution is 6.33. The molecular formula is C11H7ClNO4-. The number of hydrogen-bond donors (Lipinski definition) is 1. The lowest BCUT2D eigenvalue weighted by Gasteiger charge is -2.09. The number of benzene rings is 1. The van der Waals surface area contributed by atoms with Gasteiger partial charge >= 0.3 is 6.09 Å². The summed E-state index contributed by atoms with van der Waals surface area (Å²) in [6.07, 6.45) is 4.11. The quantitative estimate of drug-likeness (QED) is 0.810. The second-order valence-corrected chi connectivity index (χ2v) is 3.29. The maximum Gasteiger partial charge on any atom is 0.412 e. The van der Waals surface area contributed by atoms with Crippen LogP contribution in [-0.4, -0.2) is 18.7 Å². The van der Waals surface area contributed by atoms with Crippen molar-refractivity contribution in [2.75, 3.05) is 11.9 Å². The van der Waals surface area contributed by atoms with E-state index in [0.29, 0.717) is 0 Å². The van der Waals surface area contributed by atoms with Gasteiger partial charge in [0.05, 0.1) is 5.97 Å². The zero-order valence-corrected chi connectivity index (χ0v) is 9.28. The Balaban J connectivity index is 2.80. The van der Waals surface area contributed by atoms with Crippen LogP contribution in [0.3, 0.4) is 0 Å². The average molecular weight is 253 g/mol.